The molecule has 0 spiro atoms. The second-order valence-corrected chi connectivity index (χ2v) is 8.48. The first kappa shape index (κ1) is 19.4. The topological polar surface area (TPSA) is 63.7 Å². The molecule has 0 bridgehead atoms. The van der Waals surface area contributed by atoms with E-state index >= 15 is 0 Å². The maximum atomic E-state index is 13.1. The highest BCUT2D eigenvalue weighted by Gasteiger charge is 2.82. The monoisotopic (exact) mass is 481 g/mol. The molecule has 1 aliphatic carbocycles. The molecule has 1 saturated heterocycles. The van der Waals surface area contributed by atoms with Crippen LogP contribution < -0.4 is 4.90 Å². The Morgan fingerprint density at radius 2 is 1.61 bits per heavy atom. The Morgan fingerprint density at radius 3 is 2.11 bits per heavy atom. The van der Waals surface area contributed by atoms with Gasteiger partial charge in [-0.2, -0.15) is 0 Å². The van der Waals surface area contributed by atoms with E-state index in [0.717, 1.165) is 9.37 Å². The number of hydrogen-bond donors (Lipinski definition) is 0. The summed E-state index contributed by atoms with van der Waals surface area (Å²) in [6, 6.07) is 11.5. The Bertz CT molecular complexity index is 966. The number of ether oxygens (including phenoxy) is 1. The molecule has 28 heavy (non-hydrogen) atoms. The predicted molar refractivity (Wildman–Crippen MR) is 108 cm³/mol. The van der Waals surface area contributed by atoms with Crippen molar-refractivity contribution in [2.75, 3.05) is 11.5 Å². The number of amides is 2. The van der Waals surface area contributed by atoms with Crippen molar-refractivity contribution in [3.05, 3.63) is 62.5 Å². The Kier molecular flexibility index (Phi) is 4.76. The number of benzene rings is 2. The van der Waals surface area contributed by atoms with Gasteiger partial charge < -0.3 is 4.74 Å². The van der Waals surface area contributed by atoms with E-state index in [4.69, 9.17) is 27.9 Å². The third kappa shape index (κ3) is 2.70. The summed E-state index contributed by atoms with van der Waals surface area (Å²) in [4.78, 5) is 40.2. The number of rotatable bonds is 4. The van der Waals surface area contributed by atoms with Gasteiger partial charge in [0.25, 0.3) is 0 Å². The molecule has 2 aromatic rings. The van der Waals surface area contributed by atoms with Crippen molar-refractivity contribution in [1.82, 2.24) is 0 Å². The van der Waals surface area contributed by atoms with Crippen LogP contribution in [0.5, 0.6) is 0 Å². The third-order valence-electron chi connectivity index (χ3n) is 5.22. The molecule has 144 valence electrons. The molecule has 2 aromatic carbocycles. The molecule has 5 nitrogen and oxygen atoms in total. The van der Waals surface area contributed by atoms with E-state index in [1.54, 1.807) is 31.2 Å². The van der Waals surface area contributed by atoms with Crippen LogP contribution in [-0.4, -0.2) is 24.4 Å². The summed E-state index contributed by atoms with van der Waals surface area (Å²) in [6.45, 7) is 1.85. The summed E-state index contributed by atoms with van der Waals surface area (Å²) < 4.78 is 6.08. The molecule has 2 amide bonds. The van der Waals surface area contributed by atoms with Crippen molar-refractivity contribution < 1.29 is 19.1 Å². The van der Waals surface area contributed by atoms with Gasteiger partial charge in [0.2, 0.25) is 11.8 Å². The number of fused-ring (bicyclic) bond motifs is 1. The number of halogens is 3. The quantitative estimate of drug-likeness (QED) is 0.479. The van der Waals surface area contributed by atoms with E-state index in [9.17, 15) is 14.4 Å². The molecule has 1 aliphatic heterocycles. The average molecular weight is 483 g/mol. The first-order chi connectivity index (χ1) is 13.3. The molecule has 2 fully saturated rings. The number of imide groups is 1. The number of nitrogens with zero attached hydrogens (tertiary/aromatic N) is 1. The normalized spacial score (nSPS) is 25.6. The van der Waals surface area contributed by atoms with Crippen molar-refractivity contribution in [1.29, 1.82) is 0 Å². The lowest BCUT2D eigenvalue weighted by Gasteiger charge is -2.25. The SMILES string of the molecule is CCOC(=O)C1(c2ccc(Br)cc2)C2C(=O)N(c3cc(Cl)cc(Cl)c3)C(=O)[C@H]21. The van der Waals surface area contributed by atoms with E-state index in [1.807, 2.05) is 0 Å². The lowest BCUT2D eigenvalue weighted by molar-refractivity contribution is -0.149. The highest BCUT2D eigenvalue weighted by atomic mass is 79.9. The Balaban J connectivity index is 1.76. The van der Waals surface area contributed by atoms with Crippen LogP contribution in [0, 0.1) is 11.8 Å². The molecule has 4 rings (SSSR count). The van der Waals surface area contributed by atoms with Crippen LogP contribution in [0.2, 0.25) is 10.0 Å². The second kappa shape index (κ2) is 6.87. The molecule has 2 unspecified atom stereocenters. The molecule has 3 atom stereocenters. The van der Waals surface area contributed by atoms with E-state index in [0.29, 0.717) is 21.3 Å². The molecule has 1 heterocycles. The fourth-order valence-electron chi connectivity index (χ4n) is 4.08. The molecule has 0 N–H and O–H groups in total. The van der Waals surface area contributed by atoms with Gasteiger partial charge in [-0.25, -0.2) is 4.90 Å². The van der Waals surface area contributed by atoms with Gasteiger partial charge in [0.05, 0.1) is 24.1 Å². The highest BCUT2D eigenvalue weighted by molar-refractivity contribution is 9.10. The van der Waals surface area contributed by atoms with Gasteiger partial charge in [-0.3, -0.25) is 14.4 Å². The fraction of sp³-hybridized carbons (Fsp3) is 0.250. The third-order valence-corrected chi connectivity index (χ3v) is 6.18. The maximum absolute atomic E-state index is 13.1. The van der Waals surface area contributed by atoms with Gasteiger partial charge in [-0.15, -0.1) is 0 Å². The zero-order chi connectivity index (χ0) is 20.2. The minimum atomic E-state index is -1.29. The number of esters is 1. The second-order valence-electron chi connectivity index (χ2n) is 6.69. The minimum Gasteiger partial charge on any atom is -0.465 e. The molecular formula is C20H14BrCl2NO4. The van der Waals surface area contributed by atoms with E-state index < -0.39 is 35.0 Å². The lowest BCUT2D eigenvalue weighted by atomic mass is 9.89. The van der Waals surface area contributed by atoms with Crippen molar-refractivity contribution in [2.24, 2.45) is 11.8 Å². The number of carbonyl (C=O) groups excluding carboxylic acids is 3. The molecule has 0 radical (unpaired) electrons. The number of carbonyl (C=O) groups is 3. The Labute approximate surface area is 179 Å². The summed E-state index contributed by atoms with van der Waals surface area (Å²) in [7, 11) is 0. The summed E-state index contributed by atoms with van der Waals surface area (Å²) >= 11 is 15.4. The summed E-state index contributed by atoms with van der Waals surface area (Å²) in [5, 5.41) is 0.626. The van der Waals surface area contributed by atoms with E-state index in [-0.39, 0.29) is 6.61 Å². The van der Waals surface area contributed by atoms with Crippen LogP contribution in [0.25, 0.3) is 0 Å². The highest BCUT2D eigenvalue weighted by Crippen LogP contribution is 2.65. The summed E-state index contributed by atoms with van der Waals surface area (Å²) in [5.41, 5.74) is -0.396. The van der Waals surface area contributed by atoms with E-state index in [2.05, 4.69) is 15.9 Å². The maximum Gasteiger partial charge on any atom is 0.318 e. The first-order valence-corrected chi connectivity index (χ1v) is 10.1. The van der Waals surface area contributed by atoms with E-state index in [1.165, 1.54) is 18.2 Å². The number of anilines is 1. The largest absolute Gasteiger partial charge is 0.465 e. The molecule has 0 aromatic heterocycles. The van der Waals surface area contributed by atoms with Gasteiger partial charge in [0.1, 0.15) is 5.41 Å². The van der Waals surface area contributed by atoms with Crippen molar-refractivity contribution >= 4 is 62.6 Å². The van der Waals surface area contributed by atoms with Gasteiger partial charge in [-0.1, -0.05) is 51.3 Å². The number of piperidine rings is 1. The van der Waals surface area contributed by atoms with Crippen molar-refractivity contribution in [2.45, 2.75) is 12.3 Å². The molecule has 1 saturated carbocycles. The molecule has 2 aliphatic rings. The standard InChI is InChI=1S/C20H14BrCl2NO4/c1-2-28-19(27)20(10-3-5-11(21)6-4-10)15-16(20)18(26)24(17(15)25)14-8-12(22)7-13(23)9-14/h3-9,15-16H,2H2,1H3/t15-,16?,20?/m0/s1. The van der Waals surface area contributed by atoms with Crippen molar-refractivity contribution in [3.63, 3.8) is 0 Å². The summed E-state index contributed by atoms with van der Waals surface area (Å²) in [6.07, 6.45) is 0. The van der Waals surface area contributed by atoms with Crippen LogP contribution >= 0.6 is 39.1 Å². The van der Waals surface area contributed by atoms with Gasteiger partial charge >= 0.3 is 5.97 Å². The first-order valence-electron chi connectivity index (χ1n) is 8.59. The fourth-order valence-corrected chi connectivity index (χ4v) is 4.86. The minimum absolute atomic E-state index is 0.159. The van der Waals surface area contributed by atoms with Gasteiger partial charge in [0, 0.05) is 14.5 Å². The Hall–Kier alpha value is -1.89. The average Bonchev–Trinajstić information content (AvgIpc) is 3.25. The van der Waals surface area contributed by atoms with Crippen LogP contribution in [0.4, 0.5) is 5.69 Å². The lowest BCUT2D eigenvalue weighted by Crippen LogP contribution is -2.42. The van der Waals surface area contributed by atoms with Crippen LogP contribution in [-0.2, 0) is 24.5 Å². The number of hydrogen-bond acceptors (Lipinski definition) is 4. The smallest absolute Gasteiger partial charge is 0.318 e. The molecular weight excluding hydrogens is 469 g/mol. The zero-order valence-corrected chi connectivity index (χ0v) is 17.7. The summed E-state index contributed by atoms with van der Waals surface area (Å²) in [5.74, 6) is -3.08. The van der Waals surface area contributed by atoms with Crippen molar-refractivity contribution in [3.8, 4) is 0 Å². The predicted octanol–water partition coefficient (Wildman–Crippen LogP) is 4.38. The van der Waals surface area contributed by atoms with Gasteiger partial charge in [-0.05, 0) is 42.8 Å². The van der Waals surface area contributed by atoms with Crippen LogP contribution in [0.1, 0.15) is 12.5 Å². The van der Waals surface area contributed by atoms with Crippen LogP contribution in [0.15, 0.2) is 46.9 Å². The Morgan fingerprint density at radius 1 is 1.07 bits per heavy atom. The van der Waals surface area contributed by atoms with Crippen LogP contribution in [0.3, 0.4) is 0 Å². The molecule has 8 heteroatoms. The zero-order valence-electron chi connectivity index (χ0n) is 14.6. The van der Waals surface area contributed by atoms with Gasteiger partial charge in [0.15, 0.2) is 0 Å².